The Morgan fingerprint density at radius 3 is 2.81 bits per heavy atom. The topological polar surface area (TPSA) is 102 Å². The first-order chi connectivity index (χ1) is 7.60. The molecule has 0 unspecified atom stereocenters. The second kappa shape index (κ2) is 4.87. The minimum absolute atomic E-state index is 0.0595. The molecule has 0 amide bonds. The Balaban J connectivity index is 3.27. The van der Waals surface area contributed by atoms with Gasteiger partial charge in [0.15, 0.2) is 0 Å². The summed E-state index contributed by atoms with van der Waals surface area (Å²) >= 11 is 0. The van der Waals surface area contributed by atoms with E-state index in [1.807, 2.05) is 0 Å². The molecule has 1 aromatic rings. The minimum atomic E-state index is -0.677. The van der Waals surface area contributed by atoms with E-state index in [1.165, 1.54) is 19.2 Å². The minimum Gasteiger partial charge on any atom is -0.465 e. The molecule has 16 heavy (non-hydrogen) atoms. The van der Waals surface area contributed by atoms with E-state index in [0.717, 1.165) is 12.3 Å². The molecule has 0 aromatic heterocycles. The molecular weight excluding hydrogens is 216 g/mol. The number of nitro groups is 1. The number of rotatable bonds is 3. The van der Waals surface area contributed by atoms with Crippen LogP contribution in [0.5, 0.6) is 0 Å². The molecule has 1 rings (SSSR count). The molecule has 0 fully saturated rings. The summed E-state index contributed by atoms with van der Waals surface area (Å²) in [6.07, 6.45) is 0.916. The van der Waals surface area contributed by atoms with Crippen LogP contribution in [0.3, 0.4) is 0 Å². The van der Waals surface area contributed by atoms with Gasteiger partial charge in [0.05, 0.1) is 29.4 Å². The van der Waals surface area contributed by atoms with Crippen molar-refractivity contribution in [1.29, 1.82) is 0 Å². The summed E-state index contributed by atoms with van der Waals surface area (Å²) in [5.74, 6) is -0.671. The highest BCUT2D eigenvalue weighted by Crippen LogP contribution is 2.19. The fraction of sp³-hybridized carbons (Fsp3) is 0.111. The van der Waals surface area contributed by atoms with Crippen LogP contribution in [0.2, 0.25) is 0 Å². The first kappa shape index (κ1) is 11.6. The molecule has 1 N–H and O–H groups in total. The molecule has 0 atom stereocenters. The molecule has 0 saturated carbocycles. The van der Waals surface area contributed by atoms with Gasteiger partial charge in [-0.05, 0) is 12.1 Å². The van der Waals surface area contributed by atoms with Gasteiger partial charge in [0.2, 0.25) is 0 Å². The first-order valence-corrected chi connectivity index (χ1v) is 4.14. The molecule has 0 bridgehead atoms. The lowest BCUT2D eigenvalue weighted by Crippen LogP contribution is -2.03. The highest BCUT2D eigenvalue weighted by molar-refractivity contribution is 5.93. The SMILES string of the molecule is COC(=O)c1ccc(C=NO)c([N+](=O)[O-])c1. The Morgan fingerprint density at radius 1 is 1.62 bits per heavy atom. The van der Waals surface area contributed by atoms with Crippen LogP contribution in [0.15, 0.2) is 23.4 Å². The maximum absolute atomic E-state index is 11.1. The number of carbonyl (C=O) groups excluding carboxylic acids is 1. The number of hydrogen-bond acceptors (Lipinski definition) is 6. The van der Waals surface area contributed by atoms with Crippen LogP contribution < -0.4 is 0 Å². The van der Waals surface area contributed by atoms with Crippen LogP contribution in [-0.2, 0) is 4.74 Å². The number of nitro benzene ring substituents is 1. The Hall–Kier alpha value is -2.44. The van der Waals surface area contributed by atoms with E-state index in [0.29, 0.717) is 0 Å². The Labute approximate surface area is 90.1 Å². The van der Waals surface area contributed by atoms with Crippen LogP contribution in [-0.4, -0.2) is 29.4 Å². The summed E-state index contributed by atoms with van der Waals surface area (Å²) in [7, 11) is 1.18. The van der Waals surface area contributed by atoms with Crippen molar-refractivity contribution in [3.05, 3.63) is 39.4 Å². The monoisotopic (exact) mass is 224 g/mol. The van der Waals surface area contributed by atoms with Crippen molar-refractivity contribution in [2.45, 2.75) is 0 Å². The van der Waals surface area contributed by atoms with Crippen molar-refractivity contribution >= 4 is 17.9 Å². The van der Waals surface area contributed by atoms with Gasteiger partial charge in [-0.25, -0.2) is 4.79 Å². The largest absolute Gasteiger partial charge is 0.465 e. The summed E-state index contributed by atoms with van der Waals surface area (Å²) in [6, 6.07) is 3.70. The molecule has 0 aliphatic carbocycles. The smallest absolute Gasteiger partial charge is 0.338 e. The maximum Gasteiger partial charge on any atom is 0.338 e. The number of esters is 1. The number of ether oxygens (including phenoxy) is 1. The molecule has 1 aromatic carbocycles. The number of nitrogens with zero attached hydrogens (tertiary/aromatic N) is 2. The van der Waals surface area contributed by atoms with Gasteiger partial charge in [0, 0.05) is 6.07 Å². The van der Waals surface area contributed by atoms with Gasteiger partial charge in [0.25, 0.3) is 5.69 Å². The van der Waals surface area contributed by atoms with Gasteiger partial charge in [-0.15, -0.1) is 0 Å². The van der Waals surface area contributed by atoms with Gasteiger partial charge in [-0.2, -0.15) is 0 Å². The molecule has 7 nitrogen and oxygen atoms in total. The Kier molecular flexibility index (Phi) is 3.54. The van der Waals surface area contributed by atoms with Crippen LogP contribution in [0.1, 0.15) is 15.9 Å². The summed E-state index contributed by atoms with van der Waals surface area (Å²) in [5, 5.41) is 21.7. The standard InChI is InChI=1S/C9H8N2O5/c1-16-9(12)6-2-3-7(5-10-13)8(4-6)11(14)15/h2-5,13H,1H3. The molecular formula is C9H8N2O5. The number of oxime groups is 1. The molecule has 84 valence electrons. The Bertz CT molecular complexity index is 455. The summed E-state index contributed by atoms with van der Waals surface area (Å²) in [4.78, 5) is 21.1. The van der Waals surface area contributed by atoms with Crippen molar-refractivity contribution in [2.75, 3.05) is 7.11 Å². The molecule has 0 heterocycles. The summed E-state index contributed by atoms with van der Waals surface area (Å²) in [6.45, 7) is 0. The molecule has 0 aliphatic rings. The van der Waals surface area contributed by atoms with E-state index in [2.05, 4.69) is 9.89 Å². The van der Waals surface area contributed by atoms with Gasteiger partial charge >= 0.3 is 5.97 Å². The lowest BCUT2D eigenvalue weighted by atomic mass is 10.1. The molecule has 0 radical (unpaired) electrons. The van der Waals surface area contributed by atoms with Gasteiger partial charge in [0.1, 0.15) is 0 Å². The Morgan fingerprint density at radius 2 is 2.31 bits per heavy atom. The van der Waals surface area contributed by atoms with Crippen LogP contribution in [0.4, 0.5) is 5.69 Å². The zero-order valence-electron chi connectivity index (χ0n) is 8.28. The fourth-order valence-electron chi connectivity index (χ4n) is 1.12. The number of benzene rings is 1. The van der Waals surface area contributed by atoms with E-state index in [9.17, 15) is 14.9 Å². The lowest BCUT2D eigenvalue weighted by molar-refractivity contribution is -0.385. The van der Waals surface area contributed by atoms with Crippen molar-refractivity contribution in [3.63, 3.8) is 0 Å². The summed E-state index contributed by atoms with van der Waals surface area (Å²) < 4.78 is 4.43. The van der Waals surface area contributed by atoms with Gasteiger partial charge in [-0.3, -0.25) is 10.1 Å². The first-order valence-electron chi connectivity index (χ1n) is 4.14. The average Bonchev–Trinajstić information content (AvgIpc) is 2.28. The zero-order chi connectivity index (χ0) is 12.1. The number of carbonyl (C=O) groups is 1. The summed E-state index contributed by atoms with van der Waals surface area (Å²) in [5.41, 5.74) is -0.176. The van der Waals surface area contributed by atoms with E-state index < -0.39 is 10.9 Å². The molecule has 0 aliphatic heterocycles. The van der Waals surface area contributed by atoms with Crippen LogP contribution >= 0.6 is 0 Å². The predicted octanol–water partition coefficient (Wildman–Crippen LogP) is 1.19. The van der Waals surface area contributed by atoms with Crippen molar-refractivity contribution in [3.8, 4) is 0 Å². The third kappa shape index (κ3) is 2.32. The molecule has 7 heteroatoms. The highest BCUT2D eigenvalue weighted by Gasteiger charge is 2.16. The third-order valence-electron chi connectivity index (χ3n) is 1.85. The van der Waals surface area contributed by atoms with Crippen LogP contribution in [0, 0.1) is 10.1 Å². The van der Waals surface area contributed by atoms with E-state index in [-0.39, 0.29) is 16.8 Å². The zero-order valence-corrected chi connectivity index (χ0v) is 8.28. The normalized spacial score (nSPS) is 10.3. The third-order valence-corrected chi connectivity index (χ3v) is 1.85. The second-order valence-electron chi connectivity index (χ2n) is 2.77. The predicted molar refractivity (Wildman–Crippen MR) is 53.8 cm³/mol. The molecule has 0 saturated heterocycles. The van der Waals surface area contributed by atoms with Crippen molar-refractivity contribution in [1.82, 2.24) is 0 Å². The van der Waals surface area contributed by atoms with Crippen molar-refractivity contribution < 1.29 is 19.7 Å². The van der Waals surface area contributed by atoms with Crippen molar-refractivity contribution in [2.24, 2.45) is 5.16 Å². The van der Waals surface area contributed by atoms with Gasteiger partial charge in [-0.1, -0.05) is 5.16 Å². The average molecular weight is 224 g/mol. The van der Waals surface area contributed by atoms with E-state index in [1.54, 1.807) is 0 Å². The quantitative estimate of drug-likeness (QED) is 0.273. The van der Waals surface area contributed by atoms with E-state index >= 15 is 0 Å². The fourth-order valence-corrected chi connectivity index (χ4v) is 1.12. The lowest BCUT2D eigenvalue weighted by Gasteiger charge is -2.00. The van der Waals surface area contributed by atoms with Crippen LogP contribution in [0.25, 0.3) is 0 Å². The maximum atomic E-state index is 11.1. The second-order valence-corrected chi connectivity index (χ2v) is 2.77. The highest BCUT2D eigenvalue weighted by atomic mass is 16.6. The number of hydrogen-bond donors (Lipinski definition) is 1. The number of methoxy groups -OCH3 is 1. The molecule has 0 spiro atoms. The van der Waals surface area contributed by atoms with E-state index in [4.69, 9.17) is 5.21 Å². The van der Waals surface area contributed by atoms with Gasteiger partial charge < -0.3 is 9.94 Å².